The second-order valence-electron chi connectivity index (χ2n) is 5.03. The number of ether oxygens (including phenoxy) is 1. The average Bonchev–Trinajstić information content (AvgIpc) is 2.41. The zero-order chi connectivity index (χ0) is 11.9. The lowest BCUT2D eigenvalue weighted by molar-refractivity contribution is 0.199. The minimum atomic E-state index is -0.0401. The average molecular weight is 247 g/mol. The molecule has 0 aromatic heterocycles. The fraction of sp³-hybridized carbons (Fsp3) is 0.600. The van der Waals surface area contributed by atoms with E-state index in [1.807, 2.05) is 7.11 Å². The van der Waals surface area contributed by atoms with E-state index in [-0.39, 0.29) is 8.80 Å². The van der Waals surface area contributed by atoms with Crippen LogP contribution in [0.1, 0.15) is 30.7 Å². The Morgan fingerprint density at radius 3 is 2.53 bits per heavy atom. The summed E-state index contributed by atoms with van der Waals surface area (Å²) in [5.41, 5.74) is 1.56. The maximum Gasteiger partial charge on any atom is 0.0480 e. The molecule has 0 bridgehead atoms. The summed E-state index contributed by atoms with van der Waals surface area (Å²) in [7, 11) is 1.77. The summed E-state index contributed by atoms with van der Waals surface area (Å²) in [4.78, 5) is 0. The van der Waals surface area contributed by atoms with Gasteiger partial charge in [-0.05, 0) is 30.7 Å². The molecule has 17 heavy (non-hydrogen) atoms. The van der Waals surface area contributed by atoms with Crippen LogP contribution in [0.25, 0.3) is 0 Å². The maximum atomic E-state index is 5.14. The first-order valence-electron chi connectivity index (χ1n) is 6.77. The topological polar surface area (TPSA) is 9.23 Å². The molecule has 1 aromatic carbocycles. The van der Waals surface area contributed by atoms with Crippen LogP contribution in [0.3, 0.4) is 0 Å². The van der Waals surface area contributed by atoms with Crippen molar-refractivity contribution in [1.82, 2.24) is 0 Å². The molecule has 0 atom stereocenters. The summed E-state index contributed by atoms with van der Waals surface area (Å²) in [6, 6.07) is 15.5. The van der Waals surface area contributed by atoms with Gasteiger partial charge in [-0.1, -0.05) is 48.5 Å². The summed E-state index contributed by atoms with van der Waals surface area (Å²) in [5.74, 6) is 0.840. The van der Waals surface area contributed by atoms with E-state index in [1.54, 1.807) is 5.56 Å². The standard InChI is InChI=1S/C15H23OSi/c1-16-10-5-11-17-12-8-15(9-13-17)14-6-3-2-4-7-14/h2-4,6-7,15H,5,8-13H2,1H3. The molecule has 93 valence electrons. The Morgan fingerprint density at radius 1 is 1.18 bits per heavy atom. The van der Waals surface area contributed by atoms with Crippen molar-refractivity contribution in [1.29, 1.82) is 0 Å². The molecule has 0 spiro atoms. The molecular weight excluding hydrogens is 224 g/mol. The van der Waals surface area contributed by atoms with Gasteiger partial charge in [-0.25, -0.2) is 0 Å². The third-order valence-electron chi connectivity index (χ3n) is 3.84. The normalized spacial score (nSPS) is 18.4. The van der Waals surface area contributed by atoms with E-state index in [9.17, 15) is 0 Å². The molecule has 1 saturated heterocycles. The lowest BCUT2D eigenvalue weighted by Crippen LogP contribution is -2.20. The number of hydrogen-bond donors (Lipinski definition) is 0. The van der Waals surface area contributed by atoms with Crippen molar-refractivity contribution >= 4 is 8.80 Å². The van der Waals surface area contributed by atoms with Crippen molar-refractivity contribution in [2.45, 2.75) is 43.3 Å². The molecule has 1 fully saturated rings. The van der Waals surface area contributed by atoms with Gasteiger partial charge in [-0.2, -0.15) is 0 Å². The van der Waals surface area contributed by atoms with Crippen LogP contribution in [0.2, 0.25) is 18.1 Å². The highest BCUT2D eigenvalue weighted by molar-refractivity contribution is 6.59. The van der Waals surface area contributed by atoms with Crippen LogP contribution in [0.5, 0.6) is 0 Å². The number of methoxy groups -OCH3 is 1. The molecule has 1 aromatic rings. The van der Waals surface area contributed by atoms with E-state index in [1.165, 1.54) is 37.4 Å². The largest absolute Gasteiger partial charge is 0.385 e. The summed E-state index contributed by atoms with van der Waals surface area (Å²) >= 11 is 0. The molecule has 1 nitrogen and oxygen atoms in total. The van der Waals surface area contributed by atoms with Gasteiger partial charge < -0.3 is 4.74 Å². The van der Waals surface area contributed by atoms with Crippen LogP contribution in [0.15, 0.2) is 30.3 Å². The van der Waals surface area contributed by atoms with Gasteiger partial charge in [-0.15, -0.1) is 0 Å². The Morgan fingerprint density at radius 2 is 1.88 bits per heavy atom. The Balaban J connectivity index is 1.74. The number of hydrogen-bond acceptors (Lipinski definition) is 1. The molecule has 2 heteroatoms. The lowest BCUT2D eigenvalue weighted by atomic mass is 9.94. The van der Waals surface area contributed by atoms with Crippen LogP contribution in [-0.4, -0.2) is 22.5 Å². The van der Waals surface area contributed by atoms with Gasteiger partial charge >= 0.3 is 0 Å². The van der Waals surface area contributed by atoms with Crippen LogP contribution >= 0.6 is 0 Å². The van der Waals surface area contributed by atoms with Crippen LogP contribution in [0, 0.1) is 0 Å². The predicted octanol–water partition coefficient (Wildman–Crippen LogP) is 4.10. The third-order valence-corrected chi connectivity index (χ3v) is 6.89. The Labute approximate surface area is 107 Å². The van der Waals surface area contributed by atoms with Gasteiger partial charge in [0.15, 0.2) is 0 Å². The Kier molecular flexibility index (Phi) is 5.27. The fourth-order valence-corrected chi connectivity index (χ4v) is 5.71. The minimum Gasteiger partial charge on any atom is -0.385 e. The molecule has 1 radical (unpaired) electrons. The van der Waals surface area contributed by atoms with Gasteiger partial charge in [0.2, 0.25) is 0 Å². The fourth-order valence-electron chi connectivity index (χ4n) is 2.80. The van der Waals surface area contributed by atoms with E-state index in [0.717, 1.165) is 12.5 Å². The first kappa shape index (κ1) is 12.8. The predicted molar refractivity (Wildman–Crippen MR) is 75.1 cm³/mol. The molecule has 2 rings (SSSR count). The summed E-state index contributed by atoms with van der Waals surface area (Å²) in [5, 5.41) is 0. The van der Waals surface area contributed by atoms with Gasteiger partial charge in [0.05, 0.1) is 0 Å². The van der Waals surface area contributed by atoms with Crippen molar-refractivity contribution in [2.75, 3.05) is 13.7 Å². The van der Waals surface area contributed by atoms with E-state index < -0.39 is 0 Å². The van der Waals surface area contributed by atoms with Crippen LogP contribution < -0.4 is 0 Å². The first-order valence-corrected chi connectivity index (χ1v) is 8.89. The number of benzene rings is 1. The van der Waals surface area contributed by atoms with Gasteiger partial charge in [0.1, 0.15) is 0 Å². The molecular formula is C15H23OSi. The summed E-state index contributed by atoms with van der Waals surface area (Å²) < 4.78 is 5.14. The molecule has 1 aliphatic heterocycles. The SMILES string of the molecule is COCCC[Si]1CCC(c2ccccc2)CC1. The van der Waals surface area contributed by atoms with Crippen molar-refractivity contribution in [3.05, 3.63) is 35.9 Å². The lowest BCUT2D eigenvalue weighted by Gasteiger charge is -2.27. The third kappa shape index (κ3) is 3.97. The highest BCUT2D eigenvalue weighted by Gasteiger charge is 2.22. The van der Waals surface area contributed by atoms with Gasteiger partial charge in [-0.3, -0.25) is 0 Å². The molecule has 1 aliphatic rings. The molecule has 0 amide bonds. The quantitative estimate of drug-likeness (QED) is 0.562. The molecule has 0 unspecified atom stereocenters. The molecule has 0 N–H and O–H groups in total. The van der Waals surface area contributed by atoms with Crippen LogP contribution in [0.4, 0.5) is 0 Å². The summed E-state index contributed by atoms with van der Waals surface area (Å²) in [6.45, 7) is 0.955. The van der Waals surface area contributed by atoms with Crippen molar-refractivity contribution in [2.24, 2.45) is 0 Å². The van der Waals surface area contributed by atoms with Crippen molar-refractivity contribution in [3.63, 3.8) is 0 Å². The zero-order valence-corrected chi connectivity index (χ0v) is 11.8. The van der Waals surface area contributed by atoms with E-state index in [2.05, 4.69) is 30.3 Å². The molecule has 0 aliphatic carbocycles. The van der Waals surface area contributed by atoms with Gasteiger partial charge in [0.25, 0.3) is 0 Å². The smallest absolute Gasteiger partial charge is 0.0480 e. The van der Waals surface area contributed by atoms with Crippen molar-refractivity contribution in [3.8, 4) is 0 Å². The summed E-state index contributed by atoms with van der Waals surface area (Å²) in [6.07, 6.45) is 4.12. The molecule has 0 saturated carbocycles. The van der Waals surface area contributed by atoms with E-state index >= 15 is 0 Å². The zero-order valence-electron chi connectivity index (χ0n) is 10.8. The Hall–Kier alpha value is -0.603. The molecule has 1 heterocycles. The second-order valence-corrected chi connectivity index (χ2v) is 8.03. The second kappa shape index (κ2) is 6.97. The van der Waals surface area contributed by atoms with Crippen LogP contribution in [-0.2, 0) is 4.74 Å². The van der Waals surface area contributed by atoms with E-state index in [4.69, 9.17) is 4.74 Å². The Bertz CT molecular complexity index is 304. The minimum absolute atomic E-state index is 0.0401. The maximum absolute atomic E-state index is 5.14. The number of rotatable bonds is 5. The highest BCUT2D eigenvalue weighted by atomic mass is 28.3. The van der Waals surface area contributed by atoms with Gasteiger partial charge in [0, 0.05) is 22.5 Å². The monoisotopic (exact) mass is 247 g/mol. The van der Waals surface area contributed by atoms with Crippen molar-refractivity contribution < 1.29 is 4.74 Å². The first-order chi connectivity index (χ1) is 8.40. The highest BCUT2D eigenvalue weighted by Crippen LogP contribution is 2.34. The van der Waals surface area contributed by atoms with E-state index in [0.29, 0.717) is 0 Å².